The van der Waals surface area contributed by atoms with Crippen molar-refractivity contribution in [2.45, 2.75) is 13.1 Å². The molecule has 0 N–H and O–H groups in total. The van der Waals surface area contributed by atoms with Crippen LogP contribution in [0.2, 0.25) is 13.1 Å². The van der Waals surface area contributed by atoms with Crippen LogP contribution in [0.15, 0.2) is 144 Å². The summed E-state index contributed by atoms with van der Waals surface area (Å²) >= 11 is 0. The van der Waals surface area contributed by atoms with E-state index in [4.69, 9.17) is 19.4 Å². The van der Waals surface area contributed by atoms with Crippen LogP contribution in [-0.4, -0.2) is 23.0 Å². The van der Waals surface area contributed by atoms with Gasteiger partial charge in [-0.2, -0.15) is 0 Å². The average Bonchev–Trinajstić information content (AvgIpc) is 3.61. The number of benzene rings is 6. The molecule has 0 saturated carbocycles. The second-order valence-corrected chi connectivity index (χ2v) is 16.8. The van der Waals surface area contributed by atoms with Crippen molar-refractivity contribution in [3.05, 3.63) is 140 Å². The van der Waals surface area contributed by atoms with Gasteiger partial charge < -0.3 is 4.42 Å². The summed E-state index contributed by atoms with van der Waals surface area (Å²) in [6, 6.07) is 48.6. The van der Waals surface area contributed by atoms with Gasteiger partial charge in [-0.15, -0.1) is 0 Å². The van der Waals surface area contributed by atoms with Crippen LogP contribution in [0, 0.1) is 0 Å². The van der Waals surface area contributed by atoms with Crippen LogP contribution in [-0.2, 0) is 0 Å². The van der Waals surface area contributed by atoms with Gasteiger partial charge in [-0.25, -0.2) is 15.0 Å². The molecular weight excluding hydrogens is 579 g/mol. The van der Waals surface area contributed by atoms with Gasteiger partial charge >= 0.3 is 0 Å². The zero-order valence-electron chi connectivity index (χ0n) is 25.5. The van der Waals surface area contributed by atoms with Crippen LogP contribution in [0.1, 0.15) is 0 Å². The fourth-order valence-electron chi connectivity index (χ4n) is 7.01. The minimum Gasteiger partial charge on any atom is -0.455 e. The highest BCUT2D eigenvalue weighted by molar-refractivity contribution is 7.04. The topological polar surface area (TPSA) is 51.8 Å². The molecule has 46 heavy (non-hydrogen) atoms. The molecule has 0 spiro atoms. The van der Waals surface area contributed by atoms with Crippen molar-refractivity contribution < 1.29 is 4.42 Å². The smallest absolute Gasteiger partial charge is 0.164 e. The van der Waals surface area contributed by atoms with Crippen LogP contribution in [0.4, 0.5) is 0 Å². The zero-order valence-corrected chi connectivity index (χ0v) is 26.5. The number of hydrogen-bond donors (Lipinski definition) is 0. The second-order valence-electron chi connectivity index (χ2n) is 12.4. The number of para-hydroxylation sites is 1. The van der Waals surface area contributed by atoms with Crippen molar-refractivity contribution in [1.29, 1.82) is 0 Å². The molecule has 218 valence electrons. The number of rotatable bonds is 4. The van der Waals surface area contributed by atoms with E-state index in [0.29, 0.717) is 17.5 Å². The molecule has 2 aromatic heterocycles. The van der Waals surface area contributed by atoms with Gasteiger partial charge in [0.25, 0.3) is 0 Å². The van der Waals surface area contributed by atoms with Gasteiger partial charge in [0.1, 0.15) is 19.2 Å². The Bertz CT molecular complexity index is 2430. The lowest BCUT2D eigenvalue weighted by Gasteiger charge is -2.19. The van der Waals surface area contributed by atoms with E-state index in [1.165, 1.54) is 27.1 Å². The van der Waals surface area contributed by atoms with Crippen molar-refractivity contribution in [3.8, 4) is 56.4 Å². The highest BCUT2D eigenvalue weighted by Gasteiger charge is 2.40. The quantitative estimate of drug-likeness (QED) is 0.187. The molecule has 0 amide bonds. The summed E-state index contributed by atoms with van der Waals surface area (Å²) in [5.74, 6) is 1.94. The number of aromatic nitrogens is 3. The summed E-state index contributed by atoms with van der Waals surface area (Å²) in [5.41, 5.74) is 9.48. The lowest BCUT2D eigenvalue weighted by molar-refractivity contribution is 0.670. The maximum Gasteiger partial charge on any atom is 0.164 e. The summed E-state index contributed by atoms with van der Waals surface area (Å²) < 4.78 is 6.74. The first-order valence-corrected chi connectivity index (χ1v) is 18.6. The summed E-state index contributed by atoms with van der Waals surface area (Å²) in [7, 11) is -2.04. The van der Waals surface area contributed by atoms with Gasteiger partial charge in [0.05, 0.1) is 0 Å². The van der Waals surface area contributed by atoms with E-state index in [1.54, 1.807) is 0 Å². The van der Waals surface area contributed by atoms with Crippen molar-refractivity contribution in [3.63, 3.8) is 0 Å². The van der Waals surface area contributed by atoms with E-state index in [1.807, 2.05) is 30.3 Å². The van der Waals surface area contributed by atoms with Gasteiger partial charge in [-0.3, -0.25) is 0 Å². The van der Waals surface area contributed by atoms with Crippen LogP contribution in [0.25, 0.3) is 78.4 Å². The third-order valence-electron chi connectivity index (χ3n) is 9.35. The molecule has 0 atom stereocenters. The number of fused-ring (bicyclic) bond motifs is 7. The summed E-state index contributed by atoms with van der Waals surface area (Å²) in [5, 5.41) is 4.90. The Hall–Kier alpha value is -5.65. The van der Waals surface area contributed by atoms with Gasteiger partial charge in [0, 0.05) is 33.0 Å². The van der Waals surface area contributed by atoms with Crippen molar-refractivity contribution in [2.24, 2.45) is 0 Å². The number of hydrogen-bond acceptors (Lipinski definition) is 4. The van der Waals surface area contributed by atoms with Gasteiger partial charge in [0.2, 0.25) is 0 Å². The molecule has 3 heterocycles. The Labute approximate surface area is 268 Å². The molecule has 1 aliphatic rings. The first kappa shape index (κ1) is 26.7. The van der Waals surface area contributed by atoms with E-state index < -0.39 is 8.07 Å². The van der Waals surface area contributed by atoms with Crippen molar-refractivity contribution in [1.82, 2.24) is 15.0 Å². The first-order valence-electron chi connectivity index (χ1n) is 15.6. The predicted octanol–water partition coefficient (Wildman–Crippen LogP) is 9.24. The first-order chi connectivity index (χ1) is 22.6. The Morgan fingerprint density at radius 1 is 0.478 bits per heavy atom. The van der Waals surface area contributed by atoms with Crippen LogP contribution in [0.5, 0.6) is 0 Å². The summed E-state index contributed by atoms with van der Waals surface area (Å²) in [4.78, 5) is 15.4. The Kier molecular flexibility index (Phi) is 5.92. The normalized spacial score (nSPS) is 13.2. The lowest BCUT2D eigenvalue weighted by atomic mass is 9.98. The fraction of sp³-hybridized carbons (Fsp3) is 0.0488. The molecule has 1 aliphatic heterocycles. The van der Waals surface area contributed by atoms with E-state index in [2.05, 4.69) is 122 Å². The SMILES string of the molecule is C[Si]1(C)c2ccccc2-c2c1cc(-c1nc(-c3ccccc3)nc(-c3ccc(-c4ccccc4)cc3)n1)c1c2oc2ccccc21. The largest absolute Gasteiger partial charge is 0.455 e. The van der Waals surface area contributed by atoms with Crippen LogP contribution in [0.3, 0.4) is 0 Å². The minimum absolute atomic E-state index is 0.643. The Morgan fingerprint density at radius 2 is 1.02 bits per heavy atom. The molecule has 0 saturated heterocycles. The number of furan rings is 1. The van der Waals surface area contributed by atoms with E-state index in [-0.39, 0.29) is 0 Å². The molecule has 8 aromatic rings. The molecule has 0 aliphatic carbocycles. The summed E-state index contributed by atoms with van der Waals surface area (Å²) in [6.07, 6.45) is 0. The third kappa shape index (κ3) is 4.09. The van der Waals surface area contributed by atoms with E-state index >= 15 is 0 Å². The van der Waals surface area contributed by atoms with Crippen molar-refractivity contribution >= 4 is 40.4 Å². The highest BCUT2D eigenvalue weighted by Crippen LogP contribution is 2.43. The fourth-order valence-corrected chi connectivity index (χ4v) is 10.1. The van der Waals surface area contributed by atoms with Gasteiger partial charge in [-0.05, 0) is 39.2 Å². The zero-order chi connectivity index (χ0) is 30.8. The standard InChI is InChI=1S/C41H29N3OSi/c1-46(2)34-20-12-10-18-31(34)37-35(46)25-32(36-30-17-9-11-19-33(30)45-38(36)37)41-43-39(28-15-7-4-8-16-28)42-40(44-41)29-23-21-27(22-24-29)26-13-5-3-6-14-26/h3-25H,1-2H3. The molecule has 0 bridgehead atoms. The molecular formula is C41H29N3OSi. The average molecular weight is 608 g/mol. The second kappa shape index (κ2) is 10.2. The molecule has 6 aromatic carbocycles. The predicted molar refractivity (Wildman–Crippen MR) is 191 cm³/mol. The Morgan fingerprint density at radius 3 is 1.76 bits per heavy atom. The minimum atomic E-state index is -2.04. The third-order valence-corrected chi connectivity index (χ3v) is 12.9. The Balaban J connectivity index is 1.32. The molecule has 4 nitrogen and oxygen atoms in total. The maximum absolute atomic E-state index is 6.74. The van der Waals surface area contributed by atoms with E-state index in [0.717, 1.165) is 44.2 Å². The number of nitrogens with zero attached hydrogens (tertiary/aromatic N) is 3. The monoisotopic (exact) mass is 607 g/mol. The molecule has 5 heteroatoms. The summed E-state index contributed by atoms with van der Waals surface area (Å²) in [6.45, 7) is 4.86. The maximum atomic E-state index is 6.74. The molecule has 0 unspecified atom stereocenters. The van der Waals surface area contributed by atoms with Gasteiger partial charge in [-0.1, -0.05) is 140 Å². The van der Waals surface area contributed by atoms with Gasteiger partial charge in [0.15, 0.2) is 17.5 Å². The molecule has 0 fully saturated rings. The van der Waals surface area contributed by atoms with Crippen LogP contribution >= 0.6 is 0 Å². The highest BCUT2D eigenvalue weighted by atomic mass is 28.3. The van der Waals surface area contributed by atoms with Crippen molar-refractivity contribution in [2.75, 3.05) is 0 Å². The lowest BCUT2D eigenvalue weighted by Crippen LogP contribution is -2.49. The molecule has 9 rings (SSSR count). The molecule has 0 radical (unpaired) electrons. The van der Waals surface area contributed by atoms with E-state index in [9.17, 15) is 0 Å². The van der Waals surface area contributed by atoms with Crippen LogP contribution < -0.4 is 10.4 Å².